The first-order valence-electron chi connectivity index (χ1n) is 7.70. The predicted molar refractivity (Wildman–Crippen MR) is 97.7 cm³/mol. The molecule has 3 heterocycles. The summed E-state index contributed by atoms with van der Waals surface area (Å²) in [4.78, 5) is 26.9. The average molecular weight is 390 g/mol. The van der Waals surface area contributed by atoms with E-state index in [1.54, 1.807) is 30.3 Å². The summed E-state index contributed by atoms with van der Waals surface area (Å²) in [6.07, 6.45) is 4.43. The highest BCUT2D eigenvalue weighted by Gasteiger charge is 2.16. The lowest BCUT2D eigenvalue weighted by Gasteiger charge is -2.19. The molecular weight excluding hydrogens is 378 g/mol. The minimum atomic E-state index is -0.318. The van der Waals surface area contributed by atoms with Crippen molar-refractivity contribution in [3.63, 3.8) is 0 Å². The Morgan fingerprint density at radius 2 is 2.12 bits per heavy atom. The molecule has 0 unspecified atom stereocenters. The van der Waals surface area contributed by atoms with Gasteiger partial charge in [0.05, 0.1) is 20.5 Å². The second-order valence-electron chi connectivity index (χ2n) is 5.44. The molecule has 1 N–H and O–H groups in total. The molecule has 0 aliphatic carbocycles. The zero-order valence-electron chi connectivity index (χ0n) is 13.3. The second kappa shape index (κ2) is 6.86. The van der Waals surface area contributed by atoms with Crippen LogP contribution < -0.4 is 24.2 Å². The molecule has 0 fully saturated rings. The van der Waals surface area contributed by atoms with E-state index in [0.29, 0.717) is 44.5 Å². The molecule has 6 nitrogen and oxygen atoms in total. The number of ketones is 1. The number of rotatable bonds is 3. The van der Waals surface area contributed by atoms with Crippen LogP contribution in [0.3, 0.4) is 0 Å². The van der Waals surface area contributed by atoms with Crippen molar-refractivity contribution < 1.29 is 18.7 Å². The van der Waals surface area contributed by atoms with Crippen LogP contribution >= 0.6 is 22.9 Å². The number of carbonyl (C=O) groups is 1. The van der Waals surface area contributed by atoms with E-state index in [9.17, 15) is 9.59 Å². The van der Waals surface area contributed by atoms with Gasteiger partial charge in [0.1, 0.15) is 13.2 Å². The molecule has 132 valence electrons. The number of carbonyl (C=O) groups excluding carboxylic acids is 1. The highest BCUT2D eigenvalue weighted by atomic mass is 35.5. The monoisotopic (exact) mass is 389 g/mol. The summed E-state index contributed by atoms with van der Waals surface area (Å²) < 4.78 is 16.9. The lowest BCUT2D eigenvalue weighted by molar-refractivity contribution is 0.103. The summed E-state index contributed by atoms with van der Waals surface area (Å²) >= 11 is 7.38. The number of benzene rings is 1. The number of nitrogens with one attached hydrogen (secondary N) is 1. The van der Waals surface area contributed by atoms with Crippen molar-refractivity contribution in [2.24, 2.45) is 0 Å². The third kappa shape index (κ3) is 3.31. The summed E-state index contributed by atoms with van der Waals surface area (Å²) in [5.41, 5.74) is 0.412. The van der Waals surface area contributed by atoms with Crippen LogP contribution in [0.1, 0.15) is 16.1 Å². The van der Waals surface area contributed by atoms with Crippen molar-refractivity contribution in [1.82, 2.24) is 4.98 Å². The molecule has 0 amide bonds. The van der Waals surface area contributed by atoms with Crippen LogP contribution in [0, 0.1) is 0 Å². The average Bonchev–Trinajstić information content (AvgIpc) is 3.26. The van der Waals surface area contributed by atoms with Crippen molar-refractivity contribution in [2.75, 3.05) is 13.2 Å². The van der Waals surface area contributed by atoms with Gasteiger partial charge in [-0.05, 0) is 35.9 Å². The van der Waals surface area contributed by atoms with Crippen molar-refractivity contribution >= 4 is 40.9 Å². The van der Waals surface area contributed by atoms with E-state index in [2.05, 4.69) is 4.98 Å². The van der Waals surface area contributed by atoms with E-state index in [-0.39, 0.29) is 17.1 Å². The number of aromatic nitrogens is 1. The molecule has 3 aromatic rings. The van der Waals surface area contributed by atoms with E-state index >= 15 is 0 Å². The van der Waals surface area contributed by atoms with Crippen molar-refractivity contribution in [3.8, 4) is 11.5 Å². The lowest BCUT2D eigenvalue weighted by atomic mass is 10.2. The first-order valence-corrected chi connectivity index (χ1v) is 8.89. The molecule has 0 saturated carbocycles. The van der Waals surface area contributed by atoms with Gasteiger partial charge in [0.25, 0.3) is 5.56 Å². The standard InChI is InChI=1S/C18H12ClNO5S/c19-11-6-10(7-14-17(11)25-5-4-24-14)8-15-18(22)20-16(26-15)9-12(21)13-2-1-3-23-13/h1-3,6-9H,4-5H2,(H,20,22). The lowest BCUT2D eigenvalue weighted by Crippen LogP contribution is -2.20. The normalized spacial score (nSPS) is 14.7. The van der Waals surface area contributed by atoms with E-state index in [0.717, 1.165) is 0 Å². The molecule has 0 radical (unpaired) electrons. The van der Waals surface area contributed by atoms with Gasteiger partial charge >= 0.3 is 0 Å². The predicted octanol–water partition coefficient (Wildman–Crippen LogP) is 1.95. The van der Waals surface area contributed by atoms with Gasteiger partial charge in [-0.25, -0.2) is 0 Å². The number of fused-ring (bicyclic) bond motifs is 1. The smallest absolute Gasteiger partial charge is 0.266 e. The maximum atomic E-state index is 12.2. The van der Waals surface area contributed by atoms with Crippen LogP contribution in [-0.4, -0.2) is 24.0 Å². The Morgan fingerprint density at radius 3 is 2.92 bits per heavy atom. The maximum absolute atomic E-state index is 12.2. The van der Waals surface area contributed by atoms with Crippen molar-refractivity contribution in [2.45, 2.75) is 0 Å². The molecule has 4 rings (SSSR count). The first kappa shape index (κ1) is 16.7. The van der Waals surface area contributed by atoms with Gasteiger partial charge in [-0.2, -0.15) is 0 Å². The van der Waals surface area contributed by atoms with Gasteiger partial charge in [-0.3, -0.25) is 9.59 Å². The van der Waals surface area contributed by atoms with Crippen LogP contribution in [0.4, 0.5) is 0 Å². The summed E-state index contributed by atoms with van der Waals surface area (Å²) in [7, 11) is 0. The number of hydrogen-bond acceptors (Lipinski definition) is 6. The third-order valence-corrected chi connectivity index (χ3v) is 4.87. The Balaban J connectivity index is 1.73. The quantitative estimate of drug-likeness (QED) is 0.692. The number of H-pyrrole nitrogens is 1. The highest BCUT2D eigenvalue weighted by Crippen LogP contribution is 2.38. The summed E-state index contributed by atoms with van der Waals surface area (Å²) in [6.45, 7) is 0.892. The topological polar surface area (TPSA) is 81.5 Å². The number of aromatic amines is 1. The van der Waals surface area contributed by atoms with Crippen LogP contribution in [0.25, 0.3) is 12.2 Å². The van der Waals surface area contributed by atoms with Crippen molar-refractivity contribution in [3.05, 3.63) is 66.4 Å². The molecule has 2 aromatic heterocycles. The number of hydrogen-bond donors (Lipinski definition) is 1. The molecule has 26 heavy (non-hydrogen) atoms. The molecule has 0 atom stereocenters. The molecule has 0 bridgehead atoms. The number of ether oxygens (including phenoxy) is 2. The van der Waals surface area contributed by atoms with Crippen LogP contribution in [-0.2, 0) is 0 Å². The van der Waals surface area contributed by atoms with E-state index < -0.39 is 0 Å². The van der Waals surface area contributed by atoms with Gasteiger partial charge in [-0.1, -0.05) is 11.6 Å². The molecule has 8 heteroatoms. The minimum Gasteiger partial charge on any atom is -0.486 e. The summed E-state index contributed by atoms with van der Waals surface area (Å²) in [5.74, 6) is 0.945. The molecule has 0 spiro atoms. The highest BCUT2D eigenvalue weighted by molar-refractivity contribution is 7.07. The molecule has 0 saturated heterocycles. The number of furan rings is 1. The van der Waals surface area contributed by atoms with E-state index in [1.165, 1.54) is 23.7 Å². The Hall–Kier alpha value is -2.77. The van der Waals surface area contributed by atoms with E-state index in [1.807, 2.05) is 0 Å². The van der Waals surface area contributed by atoms with Gasteiger partial charge in [0, 0.05) is 6.08 Å². The van der Waals surface area contributed by atoms with Gasteiger partial charge in [0.15, 0.2) is 17.3 Å². The van der Waals surface area contributed by atoms with Gasteiger partial charge in [0.2, 0.25) is 5.78 Å². The summed E-state index contributed by atoms with van der Waals surface area (Å²) in [6, 6.07) is 6.65. The largest absolute Gasteiger partial charge is 0.486 e. The molecule has 1 aliphatic rings. The molecular formula is C18H12ClNO5S. The Labute approximate surface area is 155 Å². The first-order chi connectivity index (χ1) is 12.6. The SMILES string of the molecule is O=C(C=c1[nH]c(=O)c(=Cc2cc(Cl)c3c(c2)OCCO3)s1)c1ccco1. The fourth-order valence-electron chi connectivity index (χ4n) is 2.50. The fourth-order valence-corrected chi connectivity index (χ4v) is 3.66. The molecule has 1 aromatic carbocycles. The van der Waals surface area contributed by atoms with E-state index in [4.69, 9.17) is 25.5 Å². The fraction of sp³-hybridized carbons (Fsp3) is 0.111. The van der Waals surface area contributed by atoms with Gasteiger partial charge < -0.3 is 18.9 Å². The Morgan fingerprint density at radius 1 is 1.27 bits per heavy atom. The summed E-state index contributed by atoms with van der Waals surface area (Å²) in [5, 5.41) is 0.418. The molecule has 1 aliphatic heterocycles. The zero-order valence-corrected chi connectivity index (χ0v) is 14.9. The Bertz CT molecular complexity index is 1140. The maximum Gasteiger partial charge on any atom is 0.266 e. The second-order valence-corrected chi connectivity index (χ2v) is 6.93. The minimum absolute atomic E-state index is 0.211. The number of thiazole rings is 1. The van der Waals surface area contributed by atoms with Crippen LogP contribution in [0.2, 0.25) is 5.02 Å². The Kier molecular flexibility index (Phi) is 4.40. The van der Waals surface area contributed by atoms with Crippen molar-refractivity contribution in [1.29, 1.82) is 0 Å². The van der Waals surface area contributed by atoms with Gasteiger partial charge in [-0.15, -0.1) is 11.3 Å². The number of halogens is 1. The van der Waals surface area contributed by atoms with Crippen LogP contribution in [0.5, 0.6) is 11.5 Å². The van der Waals surface area contributed by atoms with Crippen LogP contribution in [0.15, 0.2) is 39.7 Å². The zero-order chi connectivity index (χ0) is 18.1. The number of Topliss-reactive ketones (excluding diaryl/α,β-unsaturated/α-hetero) is 1. The third-order valence-electron chi connectivity index (χ3n) is 3.62.